The van der Waals surface area contributed by atoms with Crippen LogP contribution in [0.1, 0.15) is 80.1 Å². The van der Waals surface area contributed by atoms with Crippen LogP contribution in [0.15, 0.2) is 36.0 Å². The van der Waals surface area contributed by atoms with E-state index < -0.39 is 41.6 Å². The molecular weight excluding hydrogens is 604 g/mol. The summed E-state index contributed by atoms with van der Waals surface area (Å²) in [6.45, 7) is 12.7. The van der Waals surface area contributed by atoms with Crippen LogP contribution in [0.4, 0.5) is 4.79 Å². The number of esters is 1. The third kappa shape index (κ3) is 9.45. The largest absolute Gasteiger partial charge is 0.457 e. The maximum Gasteiger partial charge on any atom is 0.410 e. The Morgan fingerprint density at radius 1 is 1.28 bits per heavy atom. The summed E-state index contributed by atoms with van der Waals surface area (Å²) in [4.78, 5) is 30.5. The fraction of sp³-hybridized carbons (Fsp3) is 0.778. The SMILES string of the molecule is CCC(O)C(C)C1OC1CC(C)(O)C=CC=C(C)C1OC(=O)CC(O)CCC(C)(OC)C(OC(=O)N2C[C@@H]3C[C@H]2CN3C)C=CC1C. The van der Waals surface area contributed by atoms with Crippen LogP contribution in [0.5, 0.6) is 0 Å². The lowest BCUT2D eigenvalue weighted by Crippen LogP contribution is -2.51. The molecule has 3 saturated heterocycles. The van der Waals surface area contributed by atoms with Crippen molar-refractivity contribution in [3.63, 3.8) is 0 Å². The van der Waals surface area contributed by atoms with E-state index in [4.69, 9.17) is 18.9 Å². The van der Waals surface area contributed by atoms with Crippen LogP contribution < -0.4 is 0 Å². The number of aliphatic hydroxyl groups excluding tert-OH is 2. The molecule has 12 atom stereocenters. The number of aliphatic hydroxyl groups is 3. The zero-order valence-corrected chi connectivity index (χ0v) is 29.5. The number of likely N-dealkylation sites (tertiary alicyclic amines) is 2. The van der Waals surface area contributed by atoms with Gasteiger partial charge in [-0.3, -0.25) is 9.69 Å². The number of likely N-dealkylation sites (N-methyl/N-ethyl adjacent to an activating group) is 1. The van der Waals surface area contributed by atoms with E-state index in [1.54, 1.807) is 26.2 Å². The molecule has 3 fully saturated rings. The average Bonchev–Trinajstić information content (AvgIpc) is 3.48. The number of hydrogen-bond donors (Lipinski definition) is 3. The highest BCUT2D eigenvalue weighted by molar-refractivity contribution is 5.70. The molecule has 3 N–H and O–H groups in total. The monoisotopic (exact) mass is 662 g/mol. The van der Waals surface area contributed by atoms with E-state index in [-0.39, 0.29) is 49.0 Å². The first-order chi connectivity index (χ1) is 22.1. The van der Waals surface area contributed by atoms with Gasteiger partial charge in [0, 0.05) is 50.5 Å². The molecule has 4 aliphatic heterocycles. The maximum absolute atomic E-state index is 13.4. The van der Waals surface area contributed by atoms with Crippen molar-refractivity contribution >= 4 is 12.1 Å². The predicted molar refractivity (Wildman–Crippen MR) is 178 cm³/mol. The molecule has 11 nitrogen and oxygen atoms in total. The first-order valence-corrected chi connectivity index (χ1v) is 17.3. The van der Waals surface area contributed by atoms with Crippen LogP contribution >= 0.6 is 0 Å². The van der Waals surface area contributed by atoms with Gasteiger partial charge >= 0.3 is 12.1 Å². The molecular formula is C36H58N2O9. The Labute approximate surface area is 280 Å². The Morgan fingerprint density at radius 3 is 2.62 bits per heavy atom. The fourth-order valence-corrected chi connectivity index (χ4v) is 7.27. The molecule has 0 aromatic rings. The van der Waals surface area contributed by atoms with Gasteiger partial charge in [0.1, 0.15) is 11.7 Å². The summed E-state index contributed by atoms with van der Waals surface area (Å²) in [6, 6.07) is 0.470. The minimum atomic E-state index is -1.14. The molecule has 0 spiro atoms. The van der Waals surface area contributed by atoms with E-state index in [2.05, 4.69) is 11.9 Å². The Bertz CT molecular complexity index is 1180. The van der Waals surface area contributed by atoms with Gasteiger partial charge in [-0.05, 0) is 65.2 Å². The molecule has 11 heteroatoms. The molecule has 0 radical (unpaired) electrons. The summed E-state index contributed by atoms with van der Waals surface area (Å²) >= 11 is 0. The van der Waals surface area contributed by atoms with Crippen molar-refractivity contribution < 1.29 is 43.9 Å². The number of allylic oxidation sites excluding steroid dienone is 2. The normalized spacial score (nSPS) is 38.0. The summed E-state index contributed by atoms with van der Waals surface area (Å²) in [7, 11) is 3.65. The smallest absolute Gasteiger partial charge is 0.410 e. The van der Waals surface area contributed by atoms with Crippen LogP contribution in [0, 0.1) is 11.8 Å². The van der Waals surface area contributed by atoms with E-state index in [1.165, 1.54) is 0 Å². The molecule has 0 aromatic heterocycles. The topological polar surface area (TPSA) is 142 Å². The average molecular weight is 663 g/mol. The molecule has 0 saturated carbocycles. The fourth-order valence-electron chi connectivity index (χ4n) is 7.27. The third-order valence-electron chi connectivity index (χ3n) is 10.8. The number of carbonyl (C=O) groups excluding carboxylic acids is 2. The van der Waals surface area contributed by atoms with Crippen molar-refractivity contribution in [2.24, 2.45) is 11.8 Å². The van der Waals surface area contributed by atoms with Gasteiger partial charge in [-0.1, -0.05) is 45.1 Å². The highest BCUT2D eigenvalue weighted by atomic mass is 16.6. The van der Waals surface area contributed by atoms with Crippen LogP contribution in [0.3, 0.4) is 0 Å². The number of ether oxygens (including phenoxy) is 4. The van der Waals surface area contributed by atoms with Gasteiger partial charge in [-0.2, -0.15) is 0 Å². The zero-order valence-electron chi connectivity index (χ0n) is 29.5. The maximum atomic E-state index is 13.4. The quantitative estimate of drug-likeness (QED) is 0.137. The molecule has 0 aromatic carbocycles. The van der Waals surface area contributed by atoms with Crippen molar-refractivity contribution in [2.45, 2.75) is 140 Å². The second kappa shape index (κ2) is 15.5. The van der Waals surface area contributed by atoms with E-state index in [1.807, 2.05) is 57.7 Å². The van der Waals surface area contributed by atoms with Crippen molar-refractivity contribution in [2.75, 3.05) is 27.2 Å². The summed E-state index contributed by atoms with van der Waals surface area (Å²) in [5, 5.41) is 31.9. The second-order valence-corrected chi connectivity index (χ2v) is 14.8. The summed E-state index contributed by atoms with van der Waals surface area (Å²) in [5.74, 6) is -0.826. The van der Waals surface area contributed by atoms with E-state index in [0.29, 0.717) is 31.8 Å². The Hall–Kier alpha value is -2.28. The van der Waals surface area contributed by atoms with Gasteiger partial charge < -0.3 is 39.2 Å². The summed E-state index contributed by atoms with van der Waals surface area (Å²) in [6.07, 6.45) is 8.04. The van der Waals surface area contributed by atoms with Crippen LogP contribution in [0.25, 0.3) is 0 Å². The second-order valence-electron chi connectivity index (χ2n) is 14.8. The summed E-state index contributed by atoms with van der Waals surface area (Å²) < 4.78 is 23.7. The molecule has 266 valence electrons. The van der Waals surface area contributed by atoms with Crippen molar-refractivity contribution in [3.05, 3.63) is 36.0 Å². The number of epoxide rings is 1. The molecule has 10 unspecified atom stereocenters. The van der Waals surface area contributed by atoms with Gasteiger partial charge in [-0.25, -0.2) is 4.79 Å². The number of amides is 1. The van der Waals surface area contributed by atoms with Crippen molar-refractivity contribution in [1.82, 2.24) is 9.80 Å². The number of methoxy groups -OCH3 is 1. The molecule has 47 heavy (non-hydrogen) atoms. The standard InChI is InChI=1S/C36H58N2O9/c1-9-28(40)24(4)33-29(45-33)19-35(5,43)15-10-11-22(2)32-23(3)12-13-30(36(6,44-8)16-14-27(39)18-31(41)47-32)46-34(42)38-21-25-17-26(38)20-37(25)7/h10-13,15,23-30,32-33,39-40,43H,9,14,16-21H2,1-8H3/t23?,24?,25-,26-,27?,28?,29?,30?,32?,33?,35?,36?/m0/s1. The van der Waals surface area contributed by atoms with Crippen LogP contribution in [-0.2, 0) is 23.7 Å². The number of carbonyl (C=O) groups is 2. The van der Waals surface area contributed by atoms with E-state index in [0.717, 1.165) is 18.5 Å². The molecule has 4 rings (SSSR count). The number of piperazine rings is 1. The first-order valence-electron chi connectivity index (χ1n) is 17.3. The lowest BCUT2D eigenvalue weighted by Gasteiger charge is -2.38. The van der Waals surface area contributed by atoms with Crippen LogP contribution in [-0.4, -0.2) is 124 Å². The Balaban J connectivity index is 1.49. The number of nitrogens with zero attached hydrogens (tertiary/aromatic N) is 2. The molecule has 1 amide bonds. The predicted octanol–water partition coefficient (Wildman–Crippen LogP) is 3.75. The lowest BCUT2D eigenvalue weighted by molar-refractivity contribution is -0.151. The Kier molecular flexibility index (Phi) is 12.4. The first kappa shape index (κ1) is 37.5. The van der Waals surface area contributed by atoms with Crippen molar-refractivity contribution in [3.8, 4) is 0 Å². The zero-order chi connectivity index (χ0) is 34.7. The number of hydrogen-bond acceptors (Lipinski definition) is 10. The van der Waals surface area contributed by atoms with E-state index >= 15 is 0 Å². The summed E-state index contributed by atoms with van der Waals surface area (Å²) in [5.41, 5.74) is -1.33. The van der Waals surface area contributed by atoms with E-state index in [9.17, 15) is 24.9 Å². The van der Waals surface area contributed by atoms with Gasteiger partial charge in [-0.15, -0.1) is 0 Å². The lowest BCUT2D eigenvalue weighted by atomic mass is 9.88. The third-order valence-corrected chi connectivity index (χ3v) is 10.8. The van der Waals surface area contributed by atoms with Crippen molar-refractivity contribution in [1.29, 1.82) is 0 Å². The molecule has 4 aliphatic rings. The number of rotatable bonds is 10. The molecule has 4 heterocycles. The van der Waals surface area contributed by atoms with Gasteiger partial charge in [0.25, 0.3) is 0 Å². The Morgan fingerprint density at radius 2 is 2.00 bits per heavy atom. The minimum Gasteiger partial charge on any atom is -0.457 e. The number of cyclic esters (lactones) is 1. The van der Waals surface area contributed by atoms with Gasteiger partial charge in [0.2, 0.25) is 0 Å². The highest BCUT2D eigenvalue weighted by Gasteiger charge is 2.48. The van der Waals surface area contributed by atoms with Crippen LogP contribution in [0.2, 0.25) is 0 Å². The highest BCUT2D eigenvalue weighted by Crippen LogP contribution is 2.38. The van der Waals surface area contributed by atoms with Gasteiger partial charge in [0.15, 0.2) is 6.10 Å². The molecule has 0 aliphatic carbocycles. The van der Waals surface area contributed by atoms with Gasteiger partial charge in [0.05, 0.1) is 36.4 Å². The molecule has 2 bridgehead atoms. The number of fused-ring (bicyclic) bond motifs is 2. The minimum absolute atomic E-state index is 0.00187.